The number of hydrogen-bond donors (Lipinski definition) is 3. The Morgan fingerprint density at radius 1 is 0.622 bits per heavy atom. The van der Waals surface area contributed by atoms with E-state index >= 15 is 0 Å². The minimum Gasteiger partial charge on any atom is -0.496 e. The molecular formula is C59H54F6N6O9S2. The number of nitrogens with two attached hydrogens (primary N) is 1. The number of aromatic amines is 1. The second-order valence-electron chi connectivity index (χ2n) is 17.9. The van der Waals surface area contributed by atoms with Gasteiger partial charge in [-0.25, -0.2) is 14.8 Å². The first-order valence-electron chi connectivity index (χ1n) is 25.3. The van der Waals surface area contributed by atoms with E-state index in [9.17, 15) is 31.1 Å². The number of methoxy groups -OCH3 is 2. The molecule has 0 amide bonds. The molecule has 23 heteroatoms. The quantitative estimate of drug-likeness (QED) is 0.0129. The summed E-state index contributed by atoms with van der Waals surface area (Å²) in [6.07, 6.45) is -6.20. The third-order valence-electron chi connectivity index (χ3n) is 12.3. The van der Waals surface area contributed by atoms with Crippen LogP contribution in [0, 0.1) is 0 Å². The Kier molecular flexibility index (Phi) is 20.5. The number of nitrogens with one attached hydrogen (secondary N) is 1. The van der Waals surface area contributed by atoms with E-state index in [1.165, 1.54) is 61.2 Å². The van der Waals surface area contributed by atoms with Crippen molar-refractivity contribution in [3.8, 4) is 55.5 Å². The first-order valence-corrected chi connectivity index (χ1v) is 26.9. The number of alkyl halides is 6. The molecule has 0 unspecified atom stereocenters. The average Bonchev–Trinajstić information content (AvgIpc) is 4.30. The molecule has 82 heavy (non-hydrogen) atoms. The molecule has 6 aromatic carbocycles. The summed E-state index contributed by atoms with van der Waals surface area (Å²) in [5, 5.41) is 16.9. The van der Waals surface area contributed by atoms with E-state index in [0.717, 1.165) is 56.5 Å². The zero-order valence-electron chi connectivity index (χ0n) is 44.1. The highest BCUT2D eigenvalue weighted by molar-refractivity contribution is 7.15. The predicted octanol–water partition coefficient (Wildman–Crippen LogP) is 13.6. The molecule has 3 aromatic heterocycles. The van der Waals surface area contributed by atoms with Gasteiger partial charge < -0.3 is 39.4 Å². The van der Waals surface area contributed by atoms with Crippen molar-refractivity contribution < 1.29 is 64.5 Å². The minimum atomic E-state index is -4.41. The topological polar surface area (TPSA) is 199 Å². The van der Waals surface area contributed by atoms with Gasteiger partial charge in [0.25, 0.3) is 0 Å². The zero-order chi connectivity index (χ0) is 58.1. The number of amidine groups is 1. The van der Waals surface area contributed by atoms with Crippen molar-refractivity contribution in [1.29, 1.82) is 0 Å². The lowest BCUT2D eigenvalue weighted by atomic mass is 10.1. The number of oxime groups is 1. The number of benzene rings is 6. The van der Waals surface area contributed by atoms with Crippen molar-refractivity contribution in [2.75, 3.05) is 27.4 Å². The molecule has 0 spiro atoms. The summed E-state index contributed by atoms with van der Waals surface area (Å²) in [4.78, 5) is 25.0. The van der Waals surface area contributed by atoms with Crippen LogP contribution >= 0.6 is 22.7 Å². The van der Waals surface area contributed by atoms with Gasteiger partial charge in [0.05, 0.1) is 70.8 Å². The summed E-state index contributed by atoms with van der Waals surface area (Å²) >= 11 is 2.73. The highest BCUT2D eigenvalue weighted by Crippen LogP contribution is 2.37. The van der Waals surface area contributed by atoms with Crippen molar-refractivity contribution in [3.05, 3.63) is 205 Å². The number of nitrogens with zero attached hydrogens (tertiary/aromatic N) is 4. The summed E-state index contributed by atoms with van der Waals surface area (Å²) in [7, 11) is 2.95. The van der Waals surface area contributed by atoms with E-state index in [0.29, 0.717) is 107 Å². The molecule has 0 saturated heterocycles. The number of halogens is 6. The first-order chi connectivity index (χ1) is 39.6. The van der Waals surface area contributed by atoms with Crippen LogP contribution in [0.15, 0.2) is 160 Å². The van der Waals surface area contributed by atoms with Crippen molar-refractivity contribution in [3.63, 3.8) is 0 Å². The number of aryl methyl sites for hydroxylation is 2. The smallest absolute Gasteiger partial charge is 0.439 e. The Hall–Kier alpha value is -8.51. The Bertz CT molecular complexity index is 3560. The molecule has 15 nitrogen and oxygen atoms in total. The SMILES string of the molecule is COc1cc(OCc2sc(-c3ccc(C(F)(F)F)cc3)nc2CCCOCc2ccccc2)ccc1-c1noc(=O)[nH]1.COc1cc(OCc2sc(-c3ccc(C(F)(F)F)cc3)nc2CCCOCc2ccccc2)ccc1C(N)=NO. The number of thiazole rings is 2. The number of ether oxygens (including phenoxy) is 6. The van der Waals surface area contributed by atoms with Crippen molar-refractivity contribution >= 4 is 28.5 Å². The molecule has 0 atom stereocenters. The molecule has 0 radical (unpaired) electrons. The second kappa shape index (κ2) is 28.3. The van der Waals surface area contributed by atoms with Crippen LogP contribution in [0.2, 0.25) is 0 Å². The number of H-pyrrole nitrogens is 1. The normalized spacial score (nSPS) is 11.7. The van der Waals surface area contributed by atoms with Crippen LogP contribution in [0.3, 0.4) is 0 Å². The monoisotopic (exact) mass is 1170 g/mol. The van der Waals surface area contributed by atoms with Gasteiger partial charge in [0.2, 0.25) is 0 Å². The summed E-state index contributed by atoms with van der Waals surface area (Å²) in [5.74, 6) is 1.24. The van der Waals surface area contributed by atoms with E-state index < -0.39 is 29.2 Å². The number of rotatable bonds is 24. The van der Waals surface area contributed by atoms with Gasteiger partial charge in [-0.3, -0.25) is 9.51 Å². The first kappa shape index (κ1) is 59.6. The third-order valence-corrected chi connectivity index (χ3v) is 14.5. The standard InChI is InChI=1S/C30H26F3N3O5S.C29H28F3N3O4S/c1-38-25-16-22(13-14-23(25)27-35-29(37)41-36-27)40-18-26-24(8-5-15-39-17-19-6-3-2-4-7-19)34-28(42-26)20-9-11-21(12-10-20)30(31,32)33;1-37-25-16-22(13-14-23(25)27(33)35-36)39-18-26-24(8-5-15-38-17-19-6-3-2-4-7-19)34-28(40-26)20-9-11-21(12-10-20)29(30,31)32/h2-4,6-7,9-14,16H,5,8,15,17-18H2,1H3,(H,35,36,37);2-4,6-7,9-14,16,36H,5,8,15,17-18H2,1H3,(H2,33,35). The van der Waals surface area contributed by atoms with Gasteiger partial charge in [0.15, 0.2) is 11.7 Å². The number of aromatic nitrogens is 4. The van der Waals surface area contributed by atoms with Crippen LogP contribution in [0.4, 0.5) is 26.3 Å². The summed E-state index contributed by atoms with van der Waals surface area (Å²) < 4.78 is 117. The van der Waals surface area contributed by atoms with Gasteiger partial charge in [-0.05, 0) is 85.3 Å². The van der Waals surface area contributed by atoms with Crippen molar-refractivity contribution in [2.45, 2.75) is 64.5 Å². The molecule has 428 valence electrons. The van der Waals surface area contributed by atoms with Crippen LogP contribution in [0.1, 0.15) is 61.8 Å². The Labute approximate surface area is 474 Å². The lowest BCUT2D eigenvalue weighted by Gasteiger charge is -2.11. The summed E-state index contributed by atoms with van der Waals surface area (Å²) in [6, 6.07) is 39.6. The molecule has 3 heterocycles. The molecule has 4 N–H and O–H groups in total. The molecule has 0 aliphatic carbocycles. The Morgan fingerprint density at radius 2 is 1.09 bits per heavy atom. The van der Waals surface area contributed by atoms with Gasteiger partial charge >= 0.3 is 18.1 Å². The van der Waals surface area contributed by atoms with E-state index in [1.807, 2.05) is 60.7 Å². The van der Waals surface area contributed by atoms with Gasteiger partial charge in [-0.15, -0.1) is 22.7 Å². The van der Waals surface area contributed by atoms with Crippen LogP contribution in [0.25, 0.3) is 32.5 Å². The van der Waals surface area contributed by atoms with E-state index in [-0.39, 0.29) is 24.9 Å². The van der Waals surface area contributed by atoms with Crippen LogP contribution in [-0.4, -0.2) is 58.6 Å². The second-order valence-corrected chi connectivity index (χ2v) is 20.1. The van der Waals surface area contributed by atoms with E-state index in [1.54, 1.807) is 36.4 Å². The molecule has 9 rings (SSSR count). The number of hydrogen-bond acceptors (Lipinski definition) is 15. The highest BCUT2D eigenvalue weighted by Gasteiger charge is 2.31. The van der Waals surface area contributed by atoms with Crippen LogP contribution in [-0.2, 0) is 61.1 Å². The Balaban J connectivity index is 0.000000215. The fraction of sp³-hybridized carbons (Fsp3) is 0.237. The molecule has 0 bridgehead atoms. The predicted molar refractivity (Wildman–Crippen MR) is 297 cm³/mol. The van der Waals surface area contributed by atoms with E-state index in [2.05, 4.69) is 19.8 Å². The average molecular weight is 1170 g/mol. The Morgan fingerprint density at radius 3 is 1.51 bits per heavy atom. The fourth-order valence-electron chi connectivity index (χ4n) is 8.07. The lowest BCUT2D eigenvalue weighted by Crippen LogP contribution is -2.14. The van der Waals surface area contributed by atoms with Crippen molar-refractivity contribution in [2.24, 2.45) is 10.9 Å². The lowest BCUT2D eigenvalue weighted by molar-refractivity contribution is -0.138. The van der Waals surface area contributed by atoms with Crippen LogP contribution < -0.4 is 30.4 Å². The third kappa shape index (κ3) is 16.6. The highest BCUT2D eigenvalue weighted by atomic mass is 32.1. The van der Waals surface area contributed by atoms with Crippen LogP contribution in [0.5, 0.6) is 23.0 Å². The van der Waals surface area contributed by atoms with Gasteiger partial charge in [-0.2, -0.15) is 26.3 Å². The zero-order valence-corrected chi connectivity index (χ0v) is 45.7. The largest absolute Gasteiger partial charge is 0.496 e. The summed E-state index contributed by atoms with van der Waals surface area (Å²) in [6.45, 7) is 2.42. The maximum Gasteiger partial charge on any atom is 0.439 e. The van der Waals surface area contributed by atoms with Crippen molar-refractivity contribution in [1.82, 2.24) is 20.1 Å². The van der Waals surface area contributed by atoms with Gasteiger partial charge in [0.1, 0.15) is 46.2 Å². The maximum atomic E-state index is 13.1. The fourth-order valence-corrected chi connectivity index (χ4v) is 10.1. The van der Waals surface area contributed by atoms with Gasteiger partial charge in [0, 0.05) is 36.5 Å². The molecule has 0 aliphatic rings. The molecule has 9 aromatic rings. The van der Waals surface area contributed by atoms with Gasteiger partial charge in [-0.1, -0.05) is 95.2 Å². The minimum absolute atomic E-state index is 0.0937. The molecule has 0 saturated carbocycles. The molecule has 0 fully saturated rings. The van der Waals surface area contributed by atoms with E-state index in [4.69, 9.17) is 49.3 Å². The summed E-state index contributed by atoms with van der Waals surface area (Å²) in [5.41, 5.74) is 10.2. The molecule has 0 aliphatic heterocycles. The maximum absolute atomic E-state index is 13.1. The molecular weight excluding hydrogens is 1110 g/mol.